The lowest BCUT2D eigenvalue weighted by Gasteiger charge is -2.16. The zero-order valence-corrected chi connectivity index (χ0v) is 10.0. The van der Waals surface area contributed by atoms with Gasteiger partial charge in [-0.1, -0.05) is 0 Å². The number of hydrogen-bond acceptors (Lipinski definition) is 3. The van der Waals surface area contributed by atoms with Crippen LogP contribution < -0.4 is 10.5 Å². The van der Waals surface area contributed by atoms with Gasteiger partial charge in [-0.2, -0.15) is 0 Å². The summed E-state index contributed by atoms with van der Waals surface area (Å²) in [4.78, 5) is 11.2. The van der Waals surface area contributed by atoms with Crippen LogP contribution in [0.1, 0.15) is 22.8 Å². The highest BCUT2D eigenvalue weighted by Gasteiger charge is 2.18. The summed E-state index contributed by atoms with van der Waals surface area (Å²) in [5.41, 5.74) is 7.93. The van der Waals surface area contributed by atoms with Crippen LogP contribution in [-0.4, -0.2) is 20.1 Å². The molecule has 1 atom stereocenters. The topological polar surface area (TPSA) is 61.6 Å². The minimum Gasteiger partial charge on any atom is -0.496 e. The fourth-order valence-corrected chi connectivity index (χ4v) is 1.87. The van der Waals surface area contributed by atoms with Crippen molar-refractivity contribution in [3.8, 4) is 5.75 Å². The predicted molar refractivity (Wildman–Crippen MR) is 61.4 cm³/mol. The molecule has 0 fully saturated rings. The molecular weight excluding hydrogens is 206 g/mol. The van der Waals surface area contributed by atoms with Gasteiger partial charge in [0.25, 0.3) is 5.91 Å². The number of rotatable bonds is 4. The number of aryl methyl sites for hydroxylation is 2. The molecule has 0 radical (unpaired) electrons. The van der Waals surface area contributed by atoms with Crippen LogP contribution in [0.5, 0.6) is 5.75 Å². The quantitative estimate of drug-likeness (QED) is 0.841. The minimum absolute atomic E-state index is 0.494. The van der Waals surface area contributed by atoms with Gasteiger partial charge in [-0.3, -0.25) is 4.79 Å². The lowest BCUT2D eigenvalue weighted by atomic mass is 10.0. The first-order valence-electron chi connectivity index (χ1n) is 4.98. The maximum Gasteiger partial charge on any atom is 0.251 e. The Kier molecular flexibility index (Phi) is 3.90. The van der Waals surface area contributed by atoms with Crippen molar-refractivity contribution in [1.82, 2.24) is 0 Å². The number of amides is 1. The fraction of sp³-hybridized carbons (Fsp3) is 0.417. The predicted octanol–water partition coefficient (Wildman–Crippen LogP) is 1.48. The highest BCUT2D eigenvalue weighted by Crippen LogP contribution is 2.28. The molecule has 1 rings (SSSR count). The van der Waals surface area contributed by atoms with Gasteiger partial charge in [0, 0.05) is 7.11 Å². The summed E-state index contributed by atoms with van der Waals surface area (Å²) < 4.78 is 10.3. The molecule has 2 N–H and O–H groups in total. The van der Waals surface area contributed by atoms with Gasteiger partial charge in [-0.15, -0.1) is 0 Å². The molecule has 1 amide bonds. The normalized spacial score (nSPS) is 12.2. The monoisotopic (exact) mass is 223 g/mol. The number of benzene rings is 1. The zero-order valence-electron chi connectivity index (χ0n) is 10.0. The molecule has 0 aromatic heterocycles. The smallest absolute Gasteiger partial charge is 0.251 e. The first-order valence-corrected chi connectivity index (χ1v) is 4.98. The van der Waals surface area contributed by atoms with Crippen LogP contribution in [0.25, 0.3) is 0 Å². The third-order valence-electron chi connectivity index (χ3n) is 2.48. The Bertz CT molecular complexity index is 378. The molecule has 0 bridgehead atoms. The van der Waals surface area contributed by atoms with Crippen LogP contribution in [0.15, 0.2) is 12.1 Å². The third-order valence-corrected chi connectivity index (χ3v) is 2.48. The van der Waals surface area contributed by atoms with Crippen LogP contribution in [-0.2, 0) is 9.53 Å². The number of hydrogen-bond donors (Lipinski definition) is 1. The molecule has 4 heteroatoms. The van der Waals surface area contributed by atoms with E-state index in [-0.39, 0.29) is 0 Å². The molecule has 1 unspecified atom stereocenters. The van der Waals surface area contributed by atoms with Crippen LogP contribution in [0.2, 0.25) is 0 Å². The van der Waals surface area contributed by atoms with E-state index < -0.39 is 12.0 Å². The van der Waals surface area contributed by atoms with E-state index in [0.717, 1.165) is 22.4 Å². The van der Waals surface area contributed by atoms with Gasteiger partial charge in [-0.25, -0.2) is 0 Å². The second-order valence-electron chi connectivity index (χ2n) is 3.71. The van der Waals surface area contributed by atoms with Gasteiger partial charge in [-0.05, 0) is 42.7 Å². The van der Waals surface area contributed by atoms with Gasteiger partial charge in [0.2, 0.25) is 0 Å². The maximum atomic E-state index is 11.2. The SMILES string of the molecule is COc1c(C)cc(C(OC)C(N)=O)cc1C. The lowest BCUT2D eigenvalue weighted by molar-refractivity contribution is -0.128. The minimum atomic E-state index is -0.705. The van der Waals surface area contributed by atoms with Crippen molar-refractivity contribution in [2.24, 2.45) is 5.73 Å². The number of primary amides is 1. The van der Waals surface area contributed by atoms with Crippen molar-refractivity contribution in [3.05, 3.63) is 28.8 Å². The van der Waals surface area contributed by atoms with Crippen molar-refractivity contribution in [2.75, 3.05) is 14.2 Å². The van der Waals surface area contributed by atoms with E-state index in [1.807, 2.05) is 26.0 Å². The zero-order chi connectivity index (χ0) is 12.3. The van der Waals surface area contributed by atoms with Crippen molar-refractivity contribution < 1.29 is 14.3 Å². The van der Waals surface area contributed by atoms with Crippen LogP contribution >= 0.6 is 0 Å². The van der Waals surface area contributed by atoms with Crippen LogP contribution in [0, 0.1) is 13.8 Å². The van der Waals surface area contributed by atoms with Crippen molar-refractivity contribution >= 4 is 5.91 Å². The Balaban J connectivity index is 3.21. The Hall–Kier alpha value is -1.55. The summed E-state index contributed by atoms with van der Waals surface area (Å²) >= 11 is 0. The summed E-state index contributed by atoms with van der Waals surface area (Å²) in [5, 5.41) is 0. The van der Waals surface area contributed by atoms with Crippen molar-refractivity contribution in [1.29, 1.82) is 0 Å². The van der Waals surface area contributed by atoms with E-state index in [1.54, 1.807) is 7.11 Å². The summed E-state index contributed by atoms with van der Waals surface area (Å²) in [6.45, 7) is 3.84. The molecule has 0 saturated carbocycles. The number of carbonyl (C=O) groups excluding carboxylic acids is 1. The Labute approximate surface area is 95.3 Å². The van der Waals surface area contributed by atoms with E-state index in [9.17, 15) is 4.79 Å². The maximum absolute atomic E-state index is 11.2. The van der Waals surface area contributed by atoms with E-state index in [0.29, 0.717) is 0 Å². The second-order valence-corrected chi connectivity index (χ2v) is 3.71. The standard InChI is InChI=1S/C12H17NO3/c1-7-5-9(11(16-4)12(13)14)6-8(2)10(7)15-3/h5-6,11H,1-4H3,(H2,13,14). The van der Waals surface area contributed by atoms with E-state index >= 15 is 0 Å². The molecule has 88 valence electrons. The number of carbonyl (C=O) groups is 1. The third kappa shape index (κ3) is 2.33. The number of methoxy groups -OCH3 is 2. The van der Waals surface area contributed by atoms with Gasteiger partial charge in [0.15, 0.2) is 6.10 Å². The molecule has 0 aliphatic carbocycles. The van der Waals surface area contributed by atoms with Crippen LogP contribution in [0.3, 0.4) is 0 Å². The summed E-state index contributed by atoms with van der Waals surface area (Å²) in [6.07, 6.45) is -0.705. The van der Waals surface area contributed by atoms with Gasteiger partial charge in [0.05, 0.1) is 7.11 Å². The first-order chi connectivity index (χ1) is 7.51. The highest BCUT2D eigenvalue weighted by atomic mass is 16.5. The molecule has 0 saturated heterocycles. The van der Waals surface area contributed by atoms with Crippen LogP contribution in [0.4, 0.5) is 0 Å². The summed E-state index contributed by atoms with van der Waals surface area (Å²) in [7, 11) is 3.08. The number of nitrogens with two attached hydrogens (primary N) is 1. The highest BCUT2D eigenvalue weighted by molar-refractivity contribution is 5.80. The average Bonchev–Trinajstić information content (AvgIpc) is 2.17. The fourth-order valence-electron chi connectivity index (χ4n) is 1.87. The first kappa shape index (κ1) is 12.5. The molecule has 0 spiro atoms. The second kappa shape index (κ2) is 4.99. The average molecular weight is 223 g/mol. The Morgan fingerprint density at radius 1 is 1.25 bits per heavy atom. The molecule has 0 heterocycles. The Morgan fingerprint density at radius 2 is 1.75 bits per heavy atom. The Morgan fingerprint density at radius 3 is 2.06 bits per heavy atom. The van der Waals surface area contributed by atoms with Crippen molar-refractivity contribution in [3.63, 3.8) is 0 Å². The summed E-state index contributed by atoms with van der Waals surface area (Å²) in [5.74, 6) is 0.328. The number of ether oxygens (including phenoxy) is 2. The largest absolute Gasteiger partial charge is 0.496 e. The molecule has 4 nitrogen and oxygen atoms in total. The molecule has 0 aliphatic heterocycles. The van der Waals surface area contributed by atoms with E-state index in [4.69, 9.17) is 15.2 Å². The molecule has 16 heavy (non-hydrogen) atoms. The molecule has 0 aliphatic rings. The van der Waals surface area contributed by atoms with Gasteiger partial charge in [0.1, 0.15) is 5.75 Å². The molecule has 1 aromatic rings. The van der Waals surface area contributed by atoms with E-state index in [2.05, 4.69) is 0 Å². The lowest BCUT2D eigenvalue weighted by Crippen LogP contribution is -2.23. The molecular formula is C12H17NO3. The van der Waals surface area contributed by atoms with Crippen molar-refractivity contribution in [2.45, 2.75) is 20.0 Å². The van der Waals surface area contributed by atoms with E-state index in [1.165, 1.54) is 7.11 Å². The van der Waals surface area contributed by atoms with Gasteiger partial charge >= 0.3 is 0 Å². The van der Waals surface area contributed by atoms with Gasteiger partial charge < -0.3 is 15.2 Å². The molecule has 1 aromatic carbocycles. The summed E-state index contributed by atoms with van der Waals surface area (Å²) in [6, 6.07) is 3.70.